The molecule has 0 aromatic heterocycles. The van der Waals surface area contributed by atoms with E-state index in [1.807, 2.05) is 12.1 Å². The van der Waals surface area contributed by atoms with Gasteiger partial charge in [-0.25, -0.2) is 0 Å². The van der Waals surface area contributed by atoms with Crippen molar-refractivity contribution in [1.29, 1.82) is 0 Å². The zero-order valence-electron chi connectivity index (χ0n) is 11.2. The molecule has 3 rings (SSSR count). The summed E-state index contributed by atoms with van der Waals surface area (Å²) in [6.45, 7) is 6.17. The zero-order chi connectivity index (χ0) is 13.4. The van der Waals surface area contributed by atoms with Crippen molar-refractivity contribution in [3.05, 3.63) is 64.7 Å². The van der Waals surface area contributed by atoms with Gasteiger partial charge in [0.15, 0.2) is 0 Å². The van der Waals surface area contributed by atoms with Gasteiger partial charge in [-0.05, 0) is 58.7 Å². The smallest absolute Gasteiger partial charge is 0.0687 e. The summed E-state index contributed by atoms with van der Waals surface area (Å²) in [7, 11) is 0. The van der Waals surface area contributed by atoms with E-state index in [0.717, 1.165) is 24.0 Å². The molecule has 1 heteroatoms. The molecule has 0 atom stereocenters. The Hall–Kier alpha value is -1.86. The van der Waals surface area contributed by atoms with E-state index in [-0.39, 0.29) is 6.61 Å². The molecular formula is C18H18O. The van der Waals surface area contributed by atoms with E-state index >= 15 is 0 Å². The molecule has 1 aliphatic rings. The normalized spacial score (nSPS) is 12.7. The van der Waals surface area contributed by atoms with Crippen LogP contribution in [-0.2, 0) is 19.4 Å². The van der Waals surface area contributed by atoms with Crippen LogP contribution in [0, 0.1) is 6.92 Å². The van der Waals surface area contributed by atoms with Crippen molar-refractivity contribution in [3.63, 3.8) is 0 Å². The standard InChI is InChI=1S/C18H18O/c1-3-15-14(11-19)8-7-13-9-10-16-12(2)5-4-6-17(16)18(13)15/h3-8,19H,1,9-11H2,2H3. The van der Waals surface area contributed by atoms with Crippen molar-refractivity contribution < 1.29 is 5.11 Å². The molecule has 2 aromatic carbocycles. The number of benzene rings is 2. The lowest BCUT2D eigenvalue weighted by Gasteiger charge is -2.24. The van der Waals surface area contributed by atoms with Gasteiger partial charge in [-0.2, -0.15) is 0 Å². The minimum Gasteiger partial charge on any atom is -0.392 e. The number of hydrogen-bond acceptors (Lipinski definition) is 1. The molecule has 1 aliphatic carbocycles. The van der Waals surface area contributed by atoms with Crippen LogP contribution in [0.1, 0.15) is 27.8 Å². The first-order chi connectivity index (χ1) is 9.26. The van der Waals surface area contributed by atoms with E-state index in [1.54, 1.807) is 0 Å². The molecule has 0 saturated carbocycles. The van der Waals surface area contributed by atoms with Crippen LogP contribution in [0.2, 0.25) is 0 Å². The van der Waals surface area contributed by atoms with Crippen LogP contribution in [0.15, 0.2) is 36.9 Å². The lowest BCUT2D eigenvalue weighted by Crippen LogP contribution is -2.08. The quantitative estimate of drug-likeness (QED) is 0.857. The second-order valence-electron chi connectivity index (χ2n) is 5.14. The van der Waals surface area contributed by atoms with Crippen LogP contribution >= 0.6 is 0 Å². The monoisotopic (exact) mass is 250 g/mol. The molecule has 0 radical (unpaired) electrons. The highest BCUT2D eigenvalue weighted by Crippen LogP contribution is 2.39. The minimum absolute atomic E-state index is 0.0653. The summed E-state index contributed by atoms with van der Waals surface area (Å²) in [6.07, 6.45) is 4.05. The highest BCUT2D eigenvalue weighted by molar-refractivity contribution is 5.83. The van der Waals surface area contributed by atoms with E-state index in [9.17, 15) is 5.11 Å². The third-order valence-corrected chi connectivity index (χ3v) is 4.12. The molecule has 2 aromatic rings. The molecule has 0 heterocycles. The summed E-state index contributed by atoms with van der Waals surface area (Å²) in [5.74, 6) is 0. The van der Waals surface area contributed by atoms with E-state index in [0.29, 0.717) is 0 Å². The topological polar surface area (TPSA) is 20.2 Å². The summed E-state index contributed by atoms with van der Waals surface area (Å²) in [5.41, 5.74) is 8.79. The fourth-order valence-corrected chi connectivity index (χ4v) is 3.13. The second kappa shape index (κ2) is 4.67. The Balaban J connectivity index is 2.35. The van der Waals surface area contributed by atoms with E-state index in [4.69, 9.17) is 0 Å². The maximum atomic E-state index is 9.51. The molecule has 0 saturated heterocycles. The van der Waals surface area contributed by atoms with Gasteiger partial charge in [0.2, 0.25) is 0 Å². The van der Waals surface area contributed by atoms with E-state index in [2.05, 4.69) is 37.8 Å². The first-order valence-electron chi connectivity index (χ1n) is 6.73. The van der Waals surface area contributed by atoms with Crippen LogP contribution in [0.5, 0.6) is 0 Å². The van der Waals surface area contributed by atoms with Gasteiger partial charge in [0, 0.05) is 0 Å². The average Bonchev–Trinajstić information content (AvgIpc) is 2.45. The molecule has 19 heavy (non-hydrogen) atoms. The minimum atomic E-state index is 0.0653. The second-order valence-corrected chi connectivity index (χ2v) is 5.14. The van der Waals surface area contributed by atoms with Crippen LogP contribution < -0.4 is 0 Å². The SMILES string of the molecule is C=Cc1c(CO)ccc2c1-c1cccc(C)c1CC2. The van der Waals surface area contributed by atoms with Gasteiger partial charge in [0.05, 0.1) is 6.61 Å². The Morgan fingerprint density at radius 2 is 2.05 bits per heavy atom. The number of rotatable bonds is 2. The van der Waals surface area contributed by atoms with Gasteiger partial charge in [-0.3, -0.25) is 0 Å². The predicted molar refractivity (Wildman–Crippen MR) is 80.0 cm³/mol. The van der Waals surface area contributed by atoms with E-state index < -0.39 is 0 Å². The molecular weight excluding hydrogens is 232 g/mol. The summed E-state index contributed by atoms with van der Waals surface area (Å²) < 4.78 is 0. The third kappa shape index (κ3) is 1.82. The van der Waals surface area contributed by atoms with Crippen molar-refractivity contribution >= 4 is 6.08 Å². The molecule has 96 valence electrons. The first kappa shape index (κ1) is 12.2. The summed E-state index contributed by atoms with van der Waals surface area (Å²) in [5, 5.41) is 9.51. The highest BCUT2D eigenvalue weighted by Gasteiger charge is 2.20. The van der Waals surface area contributed by atoms with Crippen molar-refractivity contribution in [2.75, 3.05) is 0 Å². The van der Waals surface area contributed by atoms with Crippen molar-refractivity contribution in [2.45, 2.75) is 26.4 Å². The molecule has 0 unspecified atom stereocenters. The van der Waals surface area contributed by atoms with Gasteiger partial charge in [0.25, 0.3) is 0 Å². The fraction of sp³-hybridized carbons (Fsp3) is 0.222. The zero-order valence-corrected chi connectivity index (χ0v) is 11.2. The summed E-state index contributed by atoms with van der Waals surface area (Å²) in [4.78, 5) is 0. The van der Waals surface area contributed by atoms with Crippen LogP contribution in [-0.4, -0.2) is 5.11 Å². The lowest BCUT2D eigenvalue weighted by molar-refractivity contribution is 0.281. The maximum Gasteiger partial charge on any atom is 0.0687 e. The highest BCUT2D eigenvalue weighted by atomic mass is 16.3. The fourth-order valence-electron chi connectivity index (χ4n) is 3.13. The summed E-state index contributed by atoms with van der Waals surface area (Å²) in [6, 6.07) is 10.7. The van der Waals surface area contributed by atoms with Gasteiger partial charge >= 0.3 is 0 Å². The predicted octanol–water partition coefficient (Wildman–Crippen LogP) is 3.90. The van der Waals surface area contributed by atoms with E-state index in [1.165, 1.54) is 27.8 Å². The molecule has 0 amide bonds. The van der Waals surface area contributed by atoms with Crippen LogP contribution in [0.25, 0.3) is 17.2 Å². The molecule has 0 fully saturated rings. The van der Waals surface area contributed by atoms with Crippen molar-refractivity contribution in [1.82, 2.24) is 0 Å². The lowest BCUT2D eigenvalue weighted by atomic mass is 9.80. The number of aliphatic hydroxyl groups is 1. The number of aliphatic hydroxyl groups excluding tert-OH is 1. The first-order valence-corrected chi connectivity index (χ1v) is 6.73. The maximum absolute atomic E-state index is 9.51. The van der Waals surface area contributed by atoms with Gasteiger partial charge < -0.3 is 5.11 Å². The average molecular weight is 250 g/mol. The molecule has 1 N–H and O–H groups in total. The number of fused-ring (bicyclic) bond motifs is 3. The Bertz CT molecular complexity index is 653. The number of hydrogen-bond donors (Lipinski definition) is 1. The Morgan fingerprint density at radius 3 is 2.79 bits per heavy atom. The van der Waals surface area contributed by atoms with Crippen LogP contribution in [0.4, 0.5) is 0 Å². The molecule has 1 nitrogen and oxygen atoms in total. The summed E-state index contributed by atoms with van der Waals surface area (Å²) >= 11 is 0. The molecule has 0 spiro atoms. The molecule has 0 aliphatic heterocycles. The Morgan fingerprint density at radius 1 is 1.21 bits per heavy atom. The van der Waals surface area contributed by atoms with Crippen molar-refractivity contribution in [3.8, 4) is 11.1 Å². The Kier molecular flexibility index (Phi) is 3.00. The third-order valence-electron chi connectivity index (χ3n) is 4.12. The van der Waals surface area contributed by atoms with Gasteiger partial charge in [-0.15, -0.1) is 0 Å². The van der Waals surface area contributed by atoms with Gasteiger partial charge in [-0.1, -0.05) is 43.0 Å². The van der Waals surface area contributed by atoms with Crippen LogP contribution in [0.3, 0.4) is 0 Å². The van der Waals surface area contributed by atoms with Crippen molar-refractivity contribution in [2.24, 2.45) is 0 Å². The molecule has 0 bridgehead atoms. The van der Waals surface area contributed by atoms with Gasteiger partial charge in [0.1, 0.15) is 0 Å². The Labute approximate surface area is 114 Å². The number of aryl methyl sites for hydroxylation is 2. The largest absolute Gasteiger partial charge is 0.392 e.